The summed E-state index contributed by atoms with van der Waals surface area (Å²) in [5.41, 5.74) is -1.34. The molecule has 16 heavy (non-hydrogen) atoms. The van der Waals surface area contributed by atoms with Crippen LogP contribution in [0.4, 0.5) is 23.2 Å². The van der Waals surface area contributed by atoms with Crippen LogP contribution in [0.5, 0.6) is 0 Å². The van der Waals surface area contributed by atoms with E-state index in [0.29, 0.717) is 0 Å². The van der Waals surface area contributed by atoms with Gasteiger partial charge in [-0.25, -0.2) is 22.4 Å². The van der Waals surface area contributed by atoms with Crippen molar-refractivity contribution in [1.29, 1.82) is 0 Å². The van der Waals surface area contributed by atoms with Crippen LogP contribution in [0, 0.1) is 11.6 Å². The number of carboxylic acid groups (broad SMARTS) is 1. The molecule has 0 saturated heterocycles. The van der Waals surface area contributed by atoms with E-state index in [1.165, 1.54) is 0 Å². The van der Waals surface area contributed by atoms with Crippen LogP contribution in [0.2, 0.25) is 0 Å². The maximum Gasteiger partial charge on any atom is 0.338 e. The highest BCUT2D eigenvalue weighted by atomic mass is 19.3. The zero-order valence-electron chi connectivity index (χ0n) is 7.81. The third-order valence-corrected chi connectivity index (χ3v) is 1.76. The number of nitrogens with one attached hydrogen (secondary N) is 1. The Kier molecular flexibility index (Phi) is 3.70. The number of carbonyl (C=O) groups is 1. The maximum absolute atomic E-state index is 13.1. The van der Waals surface area contributed by atoms with Gasteiger partial charge in [0.2, 0.25) is 0 Å². The molecular weight excluding hydrogens is 230 g/mol. The topological polar surface area (TPSA) is 49.3 Å². The average molecular weight is 237 g/mol. The van der Waals surface area contributed by atoms with Crippen molar-refractivity contribution in [3.63, 3.8) is 0 Å². The third kappa shape index (κ3) is 2.62. The lowest BCUT2D eigenvalue weighted by Crippen LogP contribution is -2.13. The number of anilines is 1. The Morgan fingerprint density at radius 1 is 1.31 bits per heavy atom. The molecule has 0 bridgehead atoms. The predicted molar refractivity (Wildman–Crippen MR) is 47.8 cm³/mol. The van der Waals surface area contributed by atoms with Gasteiger partial charge in [0.1, 0.15) is 0 Å². The number of carboxylic acids is 1. The molecule has 0 atom stereocenters. The van der Waals surface area contributed by atoms with Crippen LogP contribution in [0.3, 0.4) is 0 Å². The van der Waals surface area contributed by atoms with Gasteiger partial charge in [-0.1, -0.05) is 0 Å². The summed E-state index contributed by atoms with van der Waals surface area (Å²) in [6.07, 6.45) is -2.72. The maximum atomic E-state index is 13.1. The fraction of sp³-hybridized carbons (Fsp3) is 0.222. The van der Waals surface area contributed by atoms with Gasteiger partial charge in [0.25, 0.3) is 6.43 Å². The highest BCUT2D eigenvalue weighted by Crippen LogP contribution is 2.20. The lowest BCUT2D eigenvalue weighted by atomic mass is 10.2. The number of benzene rings is 1. The summed E-state index contributed by atoms with van der Waals surface area (Å²) in [4.78, 5) is 10.4. The van der Waals surface area contributed by atoms with Crippen molar-refractivity contribution in [3.05, 3.63) is 29.3 Å². The van der Waals surface area contributed by atoms with Crippen molar-refractivity contribution in [2.45, 2.75) is 6.43 Å². The van der Waals surface area contributed by atoms with Crippen molar-refractivity contribution < 1.29 is 27.5 Å². The van der Waals surface area contributed by atoms with E-state index in [-0.39, 0.29) is 0 Å². The Bertz CT molecular complexity index is 409. The molecule has 7 heteroatoms. The largest absolute Gasteiger partial charge is 0.478 e. The Labute approximate surface area is 87.7 Å². The van der Waals surface area contributed by atoms with Crippen LogP contribution in [-0.4, -0.2) is 24.0 Å². The van der Waals surface area contributed by atoms with Gasteiger partial charge in [0, 0.05) is 0 Å². The molecule has 1 aromatic carbocycles. The third-order valence-electron chi connectivity index (χ3n) is 1.76. The molecule has 0 saturated carbocycles. The molecule has 0 spiro atoms. The fourth-order valence-electron chi connectivity index (χ4n) is 1.04. The molecule has 1 rings (SSSR count). The van der Waals surface area contributed by atoms with Crippen LogP contribution >= 0.6 is 0 Å². The summed E-state index contributed by atoms with van der Waals surface area (Å²) >= 11 is 0. The van der Waals surface area contributed by atoms with E-state index in [2.05, 4.69) is 0 Å². The second-order valence-corrected chi connectivity index (χ2v) is 2.87. The van der Waals surface area contributed by atoms with Gasteiger partial charge in [0.05, 0.1) is 17.8 Å². The Hall–Kier alpha value is -1.79. The highest BCUT2D eigenvalue weighted by Gasteiger charge is 2.18. The molecule has 0 unspecified atom stereocenters. The first-order chi connectivity index (χ1) is 7.43. The van der Waals surface area contributed by atoms with Gasteiger partial charge < -0.3 is 10.4 Å². The molecule has 0 aliphatic carbocycles. The van der Waals surface area contributed by atoms with E-state index < -0.39 is 41.8 Å². The van der Waals surface area contributed by atoms with E-state index in [1.807, 2.05) is 5.32 Å². The number of aromatic carboxylic acids is 1. The Balaban J connectivity index is 2.98. The summed E-state index contributed by atoms with van der Waals surface area (Å²) in [7, 11) is 0. The number of halogens is 4. The first-order valence-corrected chi connectivity index (χ1v) is 4.16. The lowest BCUT2D eigenvalue weighted by molar-refractivity contribution is 0.0690. The van der Waals surface area contributed by atoms with E-state index >= 15 is 0 Å². The van der Waals surface area contributed by atoms with Crippen molar-refractivity contribution in [1.82, 2.24) is 0 Å². The van der Waals surface area contributed by atoms with Crippen LogP contribution in [0.1, 0.15) is 10.4 Å². The monoisotopic (exact) mass is 237 g/mol. The SMILES string of the molecule is O=C(O)c1ccc(NCC(F)F)c(F)c1F. The Morgan fingerprint density at radius 2 is 1.94 bits per heavy atom. The fourth-order valence-corrected chi connectivity index (χ4v) is 1.04. The number of hydrogen-bond donors (Lipinski definition) is 2. The molecule has 0 radical (unpaired) electrons. The summed E-state index contributed by atoms with van der Waals surface area (Å²) in [5, 5.41) is 10.4. The molecular formula is C9H7F4NO2. The van der Waals surface area contributed by atoms with Gasteiger partial charge in [-0.05, 0) is 12.1 Å². The summed E-state index contributed by atoms with van der Waals surface area (Å²) < 4.78 is 49.8. The second kappa shape index (κ2) is 4.82. The zero-order chi connectivity index (χ0) is 12.3. The van der Waals surface area contributed by atoms with Crippen molar-refractivity contribution >= 4 is 11.7 Å². The molecule has 0 amide bonds. The van der Waals surface area contributed by atoms with Gasteiger partial charge in [-0.3, -0.25) is 0 Å². The summed E-state index contributed by atoms with van der Waals surface area (Å²) in [6, 6.07) is 1.69. The summed E-state index contributed by atoms with van der Waals surface area (Å²) in [5.74, 6) is -4.69. The van der Waals surface area contributed by atoms with Crippen molar-refractivity contribution in [2.75, 3.05) is 11.9 Å². The van der Waals surface area contributed by atoms with Crippen LogP contribution in [-0.2, 0) is 0 Å². The second-order valence-electron chi connectivity index (χ2n) is 2.87. The molecule has 0 heterocycles. The molecule has 88 valence electrons. The summed E-state index contributed by atoms with van der Waals surface area (Å²) in [6.45, 7) is -0.844. The minimum Gasteiger partial charge on any atom is -0.478 e. The Morgan fingerprint density at radius 3 is 2.44 bits per heavy atom. The van der Waals surface area contributed by atoms with Gasteiger partial charge in [0.15, 0.2) is 11.6 Å². The molecule has 0 aliphatic rings. The van der Waals surface area contributed by atoms with Crippen molar-refractivity contribution in [3.8, 4) is 0 Å². The predicted octanol–water partition coefficient (Wildman–Crippen LogP) is 2.34. The van der Waals surface area contributed by atoms with Gasteiger partial charge in [-0.2, -0.15) is 0 Å². The van der Waals surface area contributed by atoms with Gasteiger partial charge in [-0.15, -0.1) is 0 Å². The number of hydrogen-bond acceptors (Lipinski definition) is 2. The number of rotatable bonds is 4. The van der Waals surface area contributed by atoms with Crippen LogP contribution < -0.4 is 5.32 Å². The first-order valence-electron chi connectivity index (χ1n) is 4.16. The molecule has 2 N–H and O–H groups in total. The zero-order valence-corrected chi connectivity index (χ0v) is 7.81. The quantitative estimate of drug-likeness (QED) is 0.790. The smallest absolute Gasteiger partial charge is 0.338 e. The normalized spacial score (nSPS) is 10.6. The van der Waals surface area contributed by atoms with Crippen LogP contribution in [0.25, 0.3) is 0 Å². The highest BCUT2D eigenvalue weighted by molar-refractivity contribution is 5.88. The molecule has 0 aromatic heterocycles. The standard InChI is InChI=1S/C9H7F4NO2/c10-6(11)3-14-5-2-1-4(9(15)16)7(12)8(5)13/h1-2,6,14H,3H2,(H,15,16). The lowest BCUT2D eigenvalue weighted by Gasteiger charge is -2.08. The number of alkyl halides is 2. The molecule has 1 aromatic rings. The molecule has 0 fully saturated rings. The first kappa shape index (κ1) is 12.3. The molecule has 3 nitrogen and oxygen atoms in total. The molecule has 0 aliphatic heterocycles. The van der Waals surface area contributed by atoms with Crippen molar-refractivity contribution in [2.24, 2.45) is 0 Å². The van der Waals surface area contributed by atoms with E-state index in [4.69, 9.17) is 5.11 Å². The van der Waals surface area contributed by atoms with Crippen LogP contribution in [0.15, 0.2) is 12.1 Å². The average Bonchev–Trinajstić information content (AvgIpc) is 2.19. The van der Waals surface area contributed by atoms with E-state index in [0.717, 1.165) is 12.1 Å². The van der Waals surface area contributed by atoms with Gasteiger partial charge >= 0.3 is 5.97 Å². The minimum absolute atomic E-state index is 0.497. The van der Waals surface area contributed by atoms with E-state index in [1.54, 1.807) is 0 Å². The minimum atomic E-state index is -2.72. The van der Waals surface area contributed by atoms with E-state index in [9.17, 15) is 22.4 Å².